The molecule has 1 N–H and O–H groups in total. The monoisotopic (exact) mass is 213 g/mol. The van der Waals surface area contributed by atoms with Gasteiger partial charge < -0.3 is 10.1 Å². The molecule has 3 heteroatoms. The molecule has 0 saturated carbocycles. The fraction of sp³-hybridized carbons (Fsp3) is 0.917. The minimum Gasteiger partial charge on any atom is -0.381 e. The highest BCUT2D eigenvalue weighted by molar-refractivity contribution is 5.78. The second-order valence-corrected chi connectivity index (χ2v) is 4.66. The highest BCUT2D eigenvalue weighted by atomic mass is 16.5. The van der Waals surface area contributed by atoms with Gasteiger partial charge in [-0.1, -0.05) is 13.8 Å². The van der Waals surface area contributed by atoms with Crippen LogP contribution in [0.4, 0.5) is 0 Å². The molecule has 3 nitrogen and oxygen atoms in total. The van der Waals surface area contributed by atoms with E-state index in [1.165, 1.54) is 0 Å². The molecule has 0 aliphatic carbocycles. The van der Waals surface area contributed by atoms with E-state index in [2.05, 4.69) is 19.2 Å². The number of Topliss-reactive ketones (excluding diaryl/α,β-unsaturated/α-hetero) is 1. The van der Waals surface area contributed by atoms with Crippen molar-refractivity contribution in [1.29, 1.82) is 0 Å². The second kappa shape index (κ2) is 6.96. The van der Waals surface area contributed by atoms with Gasteiger partial charge in [-0.3, -0.25) is 4.79 Å². The summed E-state index contributed by atoms with van der Waals surface area (Å²) in [5.74, 6) is 0.973. The van der Waals surface area contributed by atoms with Gasteiger partial charge in [0, 0.05) is 38.6 Å². The van der Waals surface area contributed by atoms with E-state index in [0.29, 0.717) is 24.2 Å². The summed E-state index contributed by atoms with van der Waals surface area (Å²) in [6.45, 7) is 6.69. The van der Waals surface area contributed by atoms with Crippen molar-refractivity contribution in [3.05, 3.63) is 0 Å². The van der Waals surface area contributed by atoms with Crippen LogP contribution in [0.15, 0.2) is 0 Å². The average molecular weight is 213 g/mol. The maximum absolute atomic E-state index is 11.6. The van der Waals surface area contributed by atoms with E-state index in [4.69, 9.17) is 4.74 Å². The molecular weight excluding hydrogens is 190 g/mol. The Morgan fingerprint density at radius 2 is 2.07 bits per heavy atom. The fourth-order valence-corrected chi connectivity index (χ4v) is 1.87. The lowest BCUT2D eigenvalue weighted by atomic mass is 9.93. The van der Waals surface area contributed by atoms with Gasteiger partial charge in [0.2, 0.25) is 0 Å². The van der Waals surface area contributed by atoms with Gasteiger partial charge in [0.1, 0.15) is 5.78 Å². The first-order valence-electron chi connectivity index (χ1n) is 6.01. The summed E-state index contributed by atoms with van der Waals surface area (Å²) >= 11 is 0. The molecule has 88 valence electrons. The van der Waals surface area contributed by atoms with Crippen LogP contribution in [-0.2, 0) is 9.53 Å². The van der Waals surface area contributed by atoms with Crippen LogP contribution in [0.5, 0.6) is 0 Å². The zero-order chi connectivity index (χ0) is 11.1. The number of ketones is 1. The summed E-state index contributed by atoms with van der Waals surface area (Å²) in [6, 6.07) is 0.473. The topological polar surface area (TPSA) is 38.3 Å². The summed E-state index contributed by atoms with van der Waals surface area (Å²) in [5.41, 5.74) is 0. The Morgan fingerprint density at radius 3 is 2.67 bits per heavy atom. The number of hydrogen-bond acceptors (Lipinski definition) is 3. The molecule has 1 aliphatic rings. The highest BCUT2D eigenvalue weighted by Crippen LogP contribution is 2.19. The van der Waals surface area contributed by atoms with Gasteiger partial charge in [-0.2, -0.15) is 0 Å². The standard InChI is InChI=1S/C12H23NO2/c1-10(2)13-6-3-12(14)9-11-4-7-15-8-5-11/h10-11,13H,3-9H2,1-2H3. The molecule has 0 spiro atoms. The summed E-state index contributed by atoms with van der Waals surface area (Å²) in [6.07, 6.45) is 3.55. The first-order chi connectivity index (χ1) is 7.18. The highest BCUT2D eigenvalue weighted by Gasteiger charge is 2.16. The Labute approximate surface area is 92.6 Å². The van der Waals surface area contributed by atoms with Crippen LogP contribution in [0.2, 0.25) is 0 Å². The SMILES string of the molecule is CC(C)NCCC(=O)CC1CCOCC1. The molecule has 1 heterocycles. The maximum Gasteiger partial charge on any atom is 0.134 e. The zero-order valence-electron chi connectivity index (χ0n) is 9.92. The summed E-state index contributed by atoms with van der Waals surface area (Å²) < 4.78 is 5.27. The molecule has 0 amide bonds. The van der Waals surface area contributed by atoms with Crippen molar-refractivity contribution in [3.63, 3.8) is 0 Å². The minimum atomic E-state index is 0.398. The van der Waals surface area contributed by atoms with Crippen molar-refractivity contribution in [2.75, 3.05) is 19.8 Å². The molecule has 0 unspecified atom stereocenters. The third-order valence-corrected chi connectivity index (χ3v) is 2.81. The van der Waals surface area contributed by atoms with Gasteiger partial charge >= 0.3 is 0 Å². The van der Waals surface area contributed by atoms with Crippen LogP contribution < -0.4 is 5.32 Å². The molecular formula is C12H23NO2. The number of carbonyl (C=O) groups is 1. The summed E-state index contributed by atoms with van der Waals surface area (Å²) in [4.78, 5) is 11.6. The molecule has 0 aromatic carbocycles. The Hall–Kier alpha value is -0.410. The number of ether oxygens (including phenoxy) is 1. The van der Waals surface area contributed by atoms with Crippen molar-refractivity contribution < 1.29 is 9.53 Å². The molecule has 1 aliphatic heterocycles. The van der Waals surface area contributed by atoms with Gasteiger partial charge in [0.25, 0.3) is 0 Å². The zero-order valence-corrected chi connectivity index (χ0v) is 9.92. The first kappa shape index (κ1) is 12.7. The Bertz CT molecular complexity index is 186. The van der Waals surface area contributed by atoms with Crippen molar-refractivity contribution in [2.45, 2.75) is 45.6 Å². The third kappa shape index (κ3) is 5.90. The van der Waals surface area contributed by atoms with Gasteiger partial charge in [0.15, 0.2) is 0 Å². The first-order valence-corrected chi connectivity index (χ1v) is 6.01. The van der Waals surface area contributed by atoms with Gasteiger partial charge in [-0.15, -0.1) is 0 Å². The maximum atomic E-state index is 11.6. The van der Waals surface area contributed by atoms with Crippen molar-refractivity contribution >= 4 is 5.78 Å². The van der Waals surface area contributed by atoms with Crippen molar-refractivity contribution in [2.24, 2.45) is 5.92 Å². The number of hydrogen-bond donors (Lipinski definition) is 1. The molecule has 15 heavy (non-hydrogen) atoms. The van der Waals surface area contributed by atoms with Crippen molar-refractivity contribution in [3.8, 4) is 0 Å². The number of rotatable bonds is 6. The molecule has 0 aromatic rings. The van der Waals surface area contributed by atoms with Crippen LogP contribution in [0.25, 0.3) is 0 Å². The lowest BCUT2D eigenvalue weighted by molar-refractivity contribution is -0.120. The Kier molecular flexibility index (Phi) is 5.88. The minimum absolute atomic E-state index is 0.398. The molecule has 0 bridgehead atoms. The van der Waals surface area contributed by atoms with Crippen molar-refractivity contribution in [1.82, 2.24) is 5.32 Å². The molecule has 0 aromatic heterocycles. The van der Waals surface area contributed by atoms with Gasteiger partial charge in [-0.25, -0.2) is 0 Å². The van der Waals surface area contributed by atoms with E-state index in [1.54, 1.807) is 0 Å². The van der Waals surface area contributed by atoms with Crippen LogP contribution in [-0.4, -0.2) is 31.6 Å². The second-order valence-electron chi connectivity index (χ2n) is 4.66. The Morgan fingerprint density at radius 1 is 1.40 bits per heavy atom. The molecule has 1 rings (SSSR count). The van der Waals surface area contributed by atoms with E-state index in [1.807, 2.05) is 0 Å². The third-order valence-electron chi connectivity index (χ3n) is 2.81. The predicted octanol–water partition coefficient (Wildman–Crippen LogP) is 1.76. The molecule has 0 atom stereocenters. The van der Waals surface area contributed by atoms with Gasteiger partial charge in [-0.05, 0) is 18.8 Å². The summed E-state index contributed by atoms with van der Waals surface area (Å²) in [5, 5.41) is 3.27. The normalized spacial score (nSPS) is 18.3. The number of nitrogens with one attached hydrogen (secondary N) is 1. The van der Waals surface area contributed by atoms with E-state index in [9.17, 15) is 4.79 Å². The van der Waals surface area contributed by atoms with Crippen LogP contribution in [0, 0.1) is 5.92 Å². The molecule has 0 radical (unpaired) electrons. The van der Waals surface area contributed by atoms with E-state index in [-0.39, 0.29) is 0 Å². The van der Waals surface area contributed by atoms with Crippen LogP contribution in [0.3, 0.4) is 0 Å². The number of carbonyl (C=O) groups excluding carboxylic acids is 1. The Balaban J connectivity index is 2.06. The predicted molar refractivity (Wildman–Crippen MR) is 60.9 cm³/mol. The van der Waals surface area contributed by atoms with Gasteiger partial charge in [0.05, 0.1) is 0 Å². The summed E-state index contributed by atoms with van der Waals surface area (Å²) in [7, 11) is 0. The van der Waals surface area contributed by atoms with E-state index < -0.39 is 0 Å². The van der Waals surface area contributed by atoms with E-state index >= 15 is 0 Å². The lowest BCUT2D eigenvalue weighted by Gasteiger charge is -2.21. The lowest BCUT2D eigenvalue weighted by Crippen LogP contribution is -2.26. The van der Waals surface area contributed by atoms with Crippen LogP contribution >= 0.6 is 0 Å². The fourth-order valence-electron chi connectivity index (χ4n) is 1.87. The largest absolute Gasteiger partial charge is 0.381 e. The molecule has 1 saturated heterocycles. The average Bonchev–Trinajstić information content (AvgIpc) is 2.18. The smallest absolute Gasteiger partial charge is 0.134 e. The quantitative estimate of drug-likeness (QED) is 0.730. The van der Waals surface area contributed by atoms with Crippen LogP contribution in [0.1, 0.15) is 39.5 Å². The molecule has 1 fully saturated rings. The van der Waals surface area contributed by atoms with E-state index in [0.717, 1.165) is 39.0 Å².